The Balaban J connectivity index is 1.86. The van der Waals surface area contributed by atoms with Crippen molar-refractivity contribution in [1.29, 1.82) is 0 Å². The number of piperidine rings is 1. The third kappa shape index (κ3) is 8.00. The van der Waals surface area contributed by atoms with Crippen molar-refractivity contribution in [3.05, 3.63) is 23.8 Å². The van der Waals surface area contributed by atoms with E-state index in [0.29, 0.717) is 18.5 Å². The minimum atomic E-state index is -4.39. The van der Waals surface area contributed by atoms with E-state index in [-0.39, 0.29) is 11.5 Å². The fourth-order valence-electron chi connectivity index (χ4n) is 3.29. The largest absolute Gasteiger partial charge is 0.493 e. The van der Waals surface area contributed by atoms with Crippen molar-refractivity contribution >= 4 is 5.96 Å². The molecule has 164 valence electrons. The molecular weight excluding hydrogens is 385 g/mol. The summed E-state index contributed by atoms with van der Waals surface area (Å²) in [5, 5.41) is 6.69. The average Bonchev–Trinajstić information content (AvgIpc) is 2.70. The van der Waals surface area contributed by atoms with Crippen LogP contribution < -0.4 is 20.1 Å². The van der Waals surface area contributed by atoms with E-state index < -0.39 is 12.8 Å². The fraction of sp³-hybridized carbons (Fsp3) is 0.650. The lowest BCUT2D eigenvalue weighted by Gasteiger charge is -2.32. The number of aliphatic imine (C=N–C) groups is 1. The molecular formula is C20H31F3N4O2. The second kappa shape index (κ2) is 11.1. The number of hydrogen-bond donors (Lipinski definition) is 2. The van der Waals surface area contributed by atoms with Gasteiger partial charge in [-0.05, 0) is 43.5 Å². The smallest absolute Gasteiger partial charge is 0.422 e. The average molecular weight is 416 g/mol. The van der Waals surface area contributed by atoms with Crippen molar-refractivity contribution in [3.8, 4) is 11.5 Å². The standard InChI is InChI=1S/C20H31F3N4O2/c1-4-9-27-10-7-16(8-11-27)26-19(24-2)25-13-15-5-6-17(18(12-15)28-3)29-14-20(21,22)23/h5-6,12,16H,4,7-11,13-14H2,1-3H3,(H2,24,25,26). The second-order valence-corrected chi connectivity index (χ2v) is 7.08. The SMILES string of the molecule is CCCN1CCC(NC(=NC)NCc2ccc(OCC(F)(F)F)c(OC)c2)CC1. The van der Waals surface area contributed by atoms with Crippen LogP contribution in [0.3, 0.4) is 0 Å². The zero-order chi connectivity index (χ0) is 21.3. The van der Waals surface area contributed by atoms with E-state index in [0.717, 1.165) is 38.0 Å². The molecule has 1 aromatic carbocycles. The van der Waals surface area contributed by atoms with Crippen LogP contribution in [0.4, 0.5) is 13.2 Å². The molecule has 1 aliphatic heterocycles. The molecule has 0 bridgehead atoms. The van der Waals surface area contributed by atoms with Gasteiger partial charge in [0.2, 0.25) is 0 Å². The molecule has 2 N–H and O–H groups in total. The molecule has 1 aromatic rings. The van der Waals surface area contributed by atoms with Crippen LogP contribution in [0.15, 0.2) is 23.2 Å². The predicted molar refractivity (Wildman–Crippen MR) is 108 cm³/mol. The van der Waals surface area contributed by atoms with Crippen molar-refractivity contribution in [2.75, 3.05) is 40.4 Å². The van der Waals surface area contributed by atoms with Crippen LogP contribution in [0, 0.1) is 0 Å². The number of likely N-dealkylation sites (tertiary alicyclic amines) is 1. The van der Waals surface area contributed by atoms with Crippen LogP contribution in [-0.2, 0) is 6.54 Å². The third-order valence-electron chi connectivity index (χ3n) is 4.77. The number of rotatable bonds is 8. The first-order chi connectivity index (χ1) is 13.8. The van der Waals surface area contributed by atoms with Gasteiger partial charge in [-0.25, -0.2) is 0 Å². The van der Waals surface area contributed by atoms with E-state index in [4.69, 9.17) is 9.47 Å². The molecule has 0 aromatic heterocycles. The van der Waals surface area contributed by atoms with Gasteiger partial charge in [-0.3, -0.25) is 4.99 Å². The molecule has 0 saturated carbocycles. The highest BCUT2D eigenvalue weighted by atomic mass is 19.4. The Bertz CT molecular complexity index is 660. The Hall–Kier alpha value is -2.16. The van der Waals surface area contributed by atoms with Gasteiger partial charge in [-0.1, -0.05) is 13.0 Å². The first kappa shape index (κ1) is 23.1. The van der Waals surface area contributed by atoms with Gasteiger partial charge >= 0.3 is 6.18 Å². The Morgan fingerprint density at radius 2 is 1.97 bits per heavy atom. The zero-order valence-corrected chi connectivity index (χ0v) is 17.3. The maximum atomic E-state index is 12.4. The molecule has 0 amide bonds. The van der Waals surface area contributed by atoms with E-state index in [2.05, 4.69) is 27.4 Å². The highest BCUT2D eigenvalue weighted by molar-refractivity contribution is 5.80. The summed E-state index contributed by atoms with van der Waals surface area (Å²) in [6, 6.07) is 5.23. The second-order valence-electron chi connectivity index (χ2n) is 7.08. The minimum Gasteiger partial charge on any atom is -0.493 e. The molecule has 1 saturated heterocycles. The van der Waals surface area contributed by atoms with Gasteiger partial charge < -0.3 is 25.0 Å². The van der Waals surface area contributed by atoms with Gasteiger partial charge in [-0.2, -0.15) is 13.2 Å². The minimum absolute atomic E-state index is 0.0647. The summed E-state index contributed by atoms with van der Waals surface area (Å²) in [6.07, 6.45) is -1.08. The number of guanidine groups is 1. The zero-order valence-electron chi connectivity index (χ0n) is 17.3. The highest BCUT2D eigenvalue weighted by Gasteiger charge is 2.29. The Labute approximate surface area is 170 Å². The first-order valence-electron chi connectivity index (χ1n) is 9.90. The summed E-state index contributed by atoms with van der Waals surface area (Å²) >= 11 is 0. The molecule has 0 atom stereocenters. The van der Waals surface area contributed by atoms with E-state index in [1.807, 2.05) is 0 Å². The lowest BCUT2D eigenvalue weighted by atomic mass is 10.1. The molecule has 1 heterocycles. The molecule has 1 fully saturated rings. The molecule has 29 heavy (non-hydrogen) atoms. The third-order valence-corrected chi connectivity index (χ3v) is 4.77. The molecule has 1 aliphatic rings. The van der Waals surface area contributed by atoms with Gasteiger partial charge in [0.05, 0.1) is 7.11 Å². The number of benzene rings is 1. The molecule has 9 heteroatoms. The predicted octanol–water partition coefficient (Wildman–Crippen LogP) is 3.18. The Morgan fingerprint density at radius 3 is 2.55 bits per heavy atom. The molecule has 0 radical (unpaired) electrons. The fourth-order valence-corrected chi connectivity index (χ4v) is 3.29. The van der Waals surface area contributed by atoms with Crippen LogP contribution in [-0.4, -0.2) is 63.5 Å². The molecule has 2 rings (SSSR count). The monoisotopic (exact) mass is 416 g/mol. The number of methoxy groups -OCH3 is 1. The van der Waals surface area contributed by atoms with Gasteiger partial charge in [0.1, 0.15) is 0 Å². The van der Waals surface area contributed by atoms with Gasteiger partial charge in [-0.15, -0.1) is 0 Å². The van der Waals surface area contributed by atoms with Gasteiger partial charge in [0.15, 0.2) is 24.1 Å². The number of halogens is 3. The van der Waals surface area contributed by atoms with Crippen molar-refractivity contribution < 1.29 is 22.6 Å². The van der Waals surface area contributed by atoms with E-state index >= 15 is 0 Å². The number of alkyl halides is 3. The highest BCUT2D eigenvalue weighted by Crippen LogP contribution is 2.29. The first-order valence-corrected chi connectivity index (χ1v) is 9.90. The number of ether oxygens (including phenoxy) is 2. The normalized spacial score (nSPS) is 16.6. The van der Waals surface area contributed by atoms with Crippen molar-refractivity contribution in [2.45, 2.75) is 44.9 Å². The summed E-state index contributed by atoms with van der Waals surface area (Å²) in [5.41, 5.74) is 0.849. The number of nitrogens with one attached hydrogen (secondary N) is 2. The van der Waals surface area contributed by atoms with Crippen LogP contribution in [0.25, 0.3) is 0 Å². The lowest BCUT2D eigenvalue weighted by Crippen LogP contribution is -2.48. The van der Waals surface area contributed by atoms with E-state index in [9.17, 15) is 13.2 Å². The number of hydrogen-bond acceptors (Lipinski definition) is 4. The summed E-state index contributed by atoms with van der Waals surface area (Å²) < 4.78 is 47.1. The van der Waals surface area contributed by atoms with Gasteiger partial charge in [0, 0.05) is 32.7 Å². The van der Waals surface area contributed by atoms with E-state index in [1.165, 1.54) is 19.6 Å². The summed E-state index contributed by atoms with van der Waals surface area (Å²) in [4.78, 5) is 6.74. The summed E-state index contributed by atoms with van der Waals surface area (Å²) in [6.45, 7) is 4.61. The lowest BCUT2D eigenvalue weighted by molar-refractivity contribution is -0.153. The Kier molecular flexibility index (Phi) is 8.88. The number of nitrogens with zero attached hydrogens (tertiary/aromatic N) is 2. The van der Waals surface area contributed by atoms with Crippen molar-refractivity contribution in [2.24, 2.45) is 4.99 Å². The molecule has 6 nitrogen and oxygen atoms in total. The molecule has 0 aliphatic carbocycles. The van der Waals surface area contributed by atoms with Crippen LogP contribution in [0.5, 0.6) is 11.5 Å². The van der Waals surface area contributed by atoms with Crippen LogP contribution in [0.1, 0.15) is 31.7 Å². The maximum Gasteiger partial charge on any atom is 0.422 e. The summed E-state index contributed by atoms with van der Waals surface area (Å²) in [7, 11) is 3.12. The summed E-state index contributed by atoms with van der Waals surface area (Å²) in [5.74, 6) is 1.03. The topological polar surface area (TPSA) is 58.1 Å². The molecule has 0 unspecified atom stereocenters. The van der Waals surface area contributed by atoms with Crippen LogP contribution >= 0.6 is 0 Å². The van der Waals surface area contributed by atoms with Gasteiger partial charge in [0.25, 0.3) is 0 Å². The Morgan fingerprint density at radius 1 is 1.24 bits per heavy atom. The maximum absolute atomic E-state index is 12.4. The van der Waals surface area contributed by atoms with Crippen molar-refractivity contribution in [1.82, 2.24) is 15.5 Å². The molecule has 0 spiro atoms. The van der Waals surface area contributed by atoms with Crippen LogP contribution in [0.2, 0.25) is 0 Å². The van der Waals surface area contributed by atoms with E-state index in [1.54, 1.807) is 19.2 Å². The van der Waals surface area contributed by atoms with Crippen molar-refractivity contribution in [3.63, 3.8) is 0 Å². The quantitative estimate of drug-likeness (QED) is 0.504.